The third-order valence-corrected chi connectivity index (χ3v) is 13.1. The molecule has 0 aliphatic carbocycles. The number of unbranched alkanes of at least 4 members (excludes halogenated alkanes) is 1. The number of sulfone groups is 1. The van der Waals surface area contributed by atoms with E-state index in [1.807, 2.05) is 37.3 Å². The van der Waals surface area contributed by atoms with E-state index in [4.69, 9.17) is 23.7 Å². The van der Waals surface area contributed by atoms with Crippen LogP contribution in [-0.4, -0.2) is 73.9 Å². The highest BCUT2D eigenvalue weighted by molar-refractivity contribution is 7.93. The van der Waals surface area contributed by atoms with E-state index < -0.39 is 45.2 Å². The normalized spacial score (nSPS) is 24.8. The molecule has 55 heavy (non-hydrogen) atoms. The number of rotatable bonds is 19. The predicted octanol–water partition coefficient (Wildman–Crippen LogP) is 8.31. The Bertz CT molecular complexity index is 1850. The maximum Gasteiger partial charge on any atom is 0.331 e. The van der Waals surface area contributed by atoms with E-state index in [1.165, 1.54) is 29.6 Å². The van der Waals surface area contributed by atoms with Crippen molar-refractivity contribution in [3.8, 4) is 0 Å². The number of ether oxygens (including phenoxy) is 5. The van der Waals surface area contributed by atoms with Gasteiger partial charge in [0.25, 0.3) is 0 Å². The van der Waals surface area contributed by atoms with E-state index in [2.05, 4.69) is 32.0 Å². The molecule has 2 aromatic rings. The van der Waals surface area contributed by atoms with Gasteiger partial charge in [0, 0.05) is 18.9 Å². The Labute approximate surface area is 329 Å². The molecule has 2 saturated heterocycles. The second-order valence-electron chi connectivity index (χ2n) is 14.4. The first-order chi connectivity index (χ1) is 26.2. The average Bonchev–Trinajstić information content (AvgIpc) is 3.61. The zero-order valence-electron chi connectivity index (χ0n) is 32.5. The van der Waals surface area contributed by atoms with Crippen molar-refractivity contribution in [2.24, 2.45) is 5.92 Å². The van der Waals surface area contributed by atoms with Crippen LogP contribution in [0.25, 0.3) is 10.2 Å². The third-order valence-electron chi connectivity index (χ3n) is 9.82. The molecule has 300 valence electrons. The number of nitrogens with zero attached hydrogens (tertiary/aromatic N) is 1. The van der Waals surface area contributed by atoms with E-state index >= 15 is 0 Å². The molecular weight excluding hydrogens is 743 g/mol. The Hall–Kier alpha value is -3.91. The van der Waals surface area contributed by atoms with E-state index in [-0.39, 0.29) is 48.2 Å². The first-order valence-electron chi connectivity index (χ1n) is 19.0. The highest BCUT2D eigenvalue weighted by atomic mass is 32.2. The van der Waals surface area contributed by atoms with Crippen molar-refractivity contribution in [1.82, 2.24) is 4.98 Å². The van der Waals surface area contributed by atoms with Crippen LogP contribution in [0.1, 0.15) is 91.9 Å². The fourth-order valence-corrected chi connectivity index (χ4v) is 9.51. The molecule has 2 aliphatic rings. The van der Waals surface area contributed by atoms with Gasteiger partial charge in [0.2, 0.25) is 14.2 Å². The van der Waals surface area contributed by atoms with Crippen molar-refractivity contribution < 1.29 is 46.5 Å². The van der Waals surface area contributed by atoms with Gasteiger partial charge in [-0.3, -0.25) is 9.59 Å². The molecule has 0 N–H and O–H groups in total. The lowest BCUT2D eigenvalue weighted by Crippen LogP contribution is -2.59. The van der Waals surface area contributed by atoms with Crippen LogP contribution in [0, 0.1) is 5.92 Å². The maximum atomic E-state index is 13.3. The molecule has 1 aromatic carbocycles. The summed E-state index contributed by atoms with van der Waals surface area (Å²) in [6, 6.07) is 7.37. The van der Waals surface area contributed by atoms with Crippen LogP contribution in [0.5, 0.6) is 0 Å². The molecule has 13 heteroatoms. The first kappa shape index (κ1) is 43.8. The number of hydrogen-bond acceptors (Lipinski definition) is 12. The molecule has 2 fully saturated rings. The highest BCUT2D eigenvalue weighted by Crippen LogP contribution is 2.48. The van der Waals surface area contributed by atoms with Crippen molar-refractivity contribution in [2.75, 3.05) is 19.0 Å². The fourth-order valence-electron chi connectivity index (χ4n) is 6.78. The minimum atomic E-state index is -3.63. The maximum absolute atomic E-state index is 13.3. The summed E-state index contributed by atoms with van der Waals surface area (Å²) in [5, 5.41) is 0. The van der Waals surface area contributed by atoms with E-state index in [9.17, 15) is 22.8 Å². The standard InChI is InChI=1S/C42H55NO10S2/c1-7-10-22-41(53-38(45)20-19-37(44)49-26-8-2)24-25-42(52-36(41)18-16-30(4)28-39(46)50-27-9-3)23-21-32(6)34(51-42)17-15-31(5)29-55(47,48)40-43-33-13-11-12-14-35(33)54-40/h8-9,11-16,18,28,32,34,36H,2-3,7,10,17,19-27,29H2,1,4-6H3/b18-16+,30-28+,31-15+/t32-,34+,36-,41+,42-/m0/s1. The largest absolute Gasteiger partial charge is 0.461 e. The number of thiazole rings is 1. The van der Waals surface area contributed by atoms with E-state index in [0.717, 1.165) is 24.0 Å². The van der Waals surface area contributed by atoms with Gasteiger partial charge in [0.05, 0.1) is 34.9 Å². The van der Waals surface area contributed by atoms with Crippen LogP contribution in [-0.2, 0) is 47.9 Å². The SMILES string of the molecule is C=CCOC(=O)/C=C(C)/C=C/[C@@H]1O[C@@]2(CC[C@H](C)[C@@H](C/C=C(\C)CS(=O)(=O)c3nc4ccccc4s3)O2)CC[C@@]1(CCCC)OC(=O)CCC(=O)OCC=C. The minimum absolute atomic E-state index is 0.0589. The second-order valence-corrected chi connectivity index (χ2v) is 17.6. The Morgan fingerprint density at radius 3 is 2.47 bits per heavy atom. The molecule has 3 heterocycles. The average molecular weight is 798 g/mol. The first-order valence-corrected chi connectivity index (χ1v) is 21.4. The zero-order chi connectivity index (χ0) is 40.1. The van der Waals surface area contributed by atoms with Crippen molar-refractivity contribution in [3.63, 3.8) is 0 Å². The summed E-state index contributed by atoms with van der Waals surface area (Å²) in [6.07, 6.45) is 13.4. The molecule has 1 aromatic heterocycles. The number of carbonyl (C=O) groups excluding carboxylic acids is 3. The number of benzene rings is 1. The van der Waals surface area contributed by atoms with Crippen molar-refractivity contribution in [3.05, 3.63) is 85.0 Å². The van der Waals surface area contributed by atoms with Crippen LogP contribution in [0.4, 0.5) is 0 Å². The van der Waals surface area contributed by atoms with Crippen LogP contribution in [0.3, 0.4) is 0 Å². The molecule has 5 atom stereocenters. The molecule has 2 aliphatic heterocycles. The number of hydrogen-bond donors (Lipinski definition) is 0. The van der Waals surface area contributed by atoms with Crippen molar-refractivity contribution >= 4 is 49.3 Å². The van der Waals surface area contributed by atoms with Crippen molar-refractivity contribution in [1.29, 1.82) is 0 Å². The van der Waals surface area contributed by atoms with Crippen LogP contribution in [0.2, 0.25) is 0 Å². The van der Waals surface area contributed by atoms with Gasteiger partial charge >= 0.3 is 17.9 Å². The number of allylic oxidation sites excluding steroid dienone is 2. The van der Waals surface area contributed by atoms with Gasteiger partial charge in [0.1, 0.15) is 24.9 Å². The Morgan fingerprint density at radius 1 is 1.02 bits per heavy atom. The summed E-state index contributed by atoms with van der Waals surface area (Å²) in [5.41, 5.74) is 0.914. The van der Waals surface area contributed by atoms with E-state index in [0.29, 0.717) is 48.8 Å². The predicted molar refractivity (Wildman–Crippen MR) is 213 cm³/mol. The Balaban J connectivity index is 1.55. The summed E-state index contributed by atoms with van der Waals surface area (Å²) in [4.78, 5) is 42.1. The number of para-hydroxylation sites is 1. The quantitative estimate of drug-likeness (QED) is 0.0445. The molecule has 0 saturated carbocycles. The van der Waals surface area contributed by atoms with Crippen LogP contribution in [0.15, 0.2) is 89.4 Å². The summed E-state index contributed by atoms with van der Waals surface area (Å²) >= 11 is 1.18. The van der Waals surface area contributed by atoms with Gasteiger partial charge in [-0.15, -0.1) is 11.3 Å². The van der Waals surface area contributed by atoms with Gasteiger partial charge in [-0.25, -0.2) is 18.2 Å². The van der Waals surface area contributed by atoms with Gasteiger partial charge < -0.3 is 23.7 Å². The lowest BCUT2D eigenvalue weighted by atomic mass is 9.78. The topological polar surface area (TPSA) is 144 Å². The lowest BCUT2D eigenvalue weighted by Gasteiger charge is -2.53. The summed E-state index contributed by atoms with van der Waals surface area (Å²) in [6.45, 7) is 15.0. The monoisotopic (exact) mass is 797 g/mol. The fraction of sp³-hybridized carbons (Fsp3) is 0.524. The summed E-state index contributed by atoms with van der Waals surface area (Å²) in [7, 11) is -3.63. The van der Waals surface area contributed by atoms with Gasteiger partial charge in [0.15, 0.2) is 5.79 Å². The molecule has 0 unspecified atom stereocenters. The minimum Gasteiger partial charge on any atom is -0.461 e. The summed E-state index contributed by atoms with van der Waals surface area (Å²) in [5.74, 6) is -2.54. The number of esters is 3. The van der Waals surface area contributed by atoms with E-state index in [1.54, 1.807) is 19.1 Å². The molecule has 4 rings (SSSR count). The van der Waals surface area contributed by atoms with Gasteiger partial charge in [-0.05, 0) is 69.6 Å². The molecule has 0 amide bonds. The Kier molecular flexibility index (Phi) is 16.2. The highest BCUT2D eigenvalue weighted by Gasteiger charge is 2.54. The molecular formula is C42H55NO10S2. The molecule has 1 spiro atoms. The molecule has 0 bridgehead atoms. The summed E-state index contributed by atoms with van der Waals surface area (Å²) < 4.78 is 57.7. The second kappa shape index (κ2) is 20.3. The number of aromatic nitrogens is 1. The van der Waals surface area contributed by atoms with Crippen molar-refractivity contribution in [2.45, 2.75) is 120 Å². The van der Waals surface area contributed by atoms with Crippen LogP contribution >= 0.6 is 11.3 Å². The molecule has 11 nitrogen and oxygen atoms in total. The zero-order valence-corrected chi connectivity index (χ0v) is 34.1. The smallest absolute Gasteiger partial charge is 0.331 e. The number of carbonyl (C=O) groups is 3. The van der Waals surface area contributed by atoms with Gasteiger partial charge in [-0.2, -0.15) is 0 Å². The lowest BCUT2D eigenvalue weighted by molar-refractivity contribution is -0.344. The molecule has 0 radical (unpaired) electrons. The Morgan fingerprint density at radius 2 is 1.75 bits per heavy atom. The number of fused-ring (bicyclic) bond motifs is 1. The third kappa shape index (κ3) is 12.5. The van der Waals surface area contributed by atoms with Gasteiger partial charge in [-0.1, -0.05) is 81.5 Å². The van der Waals surface area contributed by atoms with Crippen LogP contribution < -0.4 is 0 Å².